The van der Waals surface area contributed by atoms with Gasteiger partial charge in [-0.05, 0) is 61.1 Å². The lowest BCUT2D eigenvalue weighted by Gasteiger charge is -2.06. The molecule has 2 aliphatic heterocycles. The van der Waals surface area contributed by atoms with Crippen LogP contribution in [-0.4, -0.2) is 74.8 Å². The van der Waals surface area contributed by atoms with E-state index in [0.29, 0.717) is 39.2 Å². The highest BCUT2D eigenvalue weighted by atomic mass is 17.2. The highest BCUT2D eigenvalue weighted by Crippen LogP contribution is 2.25. The molecule has 0 fully saturated rings. The minimum atomic E-state index is -0.658. The molecule has 0 unspecified atom stereocenters. The van der Waals surface area contributed by atoms with Gasteiger partial charge in [0, 0.05) is 6.21 Å². The summed E-state index contributed by atoms with van der Waals surface area (Å²) in [6, 6.07) is 6.52. The first-order valence-electron chi connectivity index (χ1n) is 12.3. The van der Waals surface area contributed by atoms with Crippen molar-refractivity contribution in [3.8, 4) is 0 Å². The molecule has 0 saturated heterocycles. The maximum Gasteiger partial charge on any atom is 0.342 e. The van der Waals surface area contributed by atoms with E-state index in [4.69, 9.17) is 19.1 Å². The Morgan fingerprint density at radius 3 is 1.95 bits per heavy atom. The number of hydrogen-bond donors (Lipinski definition) is 2. The number of carbonyl (C=O) groups excluding carboxylic acids is 3. The van der Waals surface area contributed by atoms with E-state index in [2.05, 4.69) is 24.8 Å². The quantitative estimate of drug-likeness (QED) is 0.154. The van der Waals surface area contributed by atoms with Crippen LogP contribution in [0.15, 0.2) is 75.5 Å². The third-order valence-corrected chi connectivity index (χ3v) is 6.15. The number of nitrogens with zero attached hydrogens (tertiary/aromatic N) is 2. The van der Waals surface area contributed by atoms with Crippen molar-refractivity contribution < 1.29 is 38.4 Å². The maximum atomic E-state index is 13.0. The lowest BCUT2D eigenvalue weighted by Crippen LogP contribution is -2.25. The van der Waals surface area contributed by atoms with Gasteiger partial charge in [-0.3, -0.25) is 4.99 Å². The summed E-state index contributed by atoms with van der Waals surface area (Å²) in [6.07, 6.45) is 8.36. The number of carbonyl (C=O) groups is 3. The van der Waals surface area contributed by atoms with Crippen LogP contribution in [0.2, 0.25) is 0 Å². The van der Waals surface area contributed by atoms with Crippen LogP contribution in [0.25, 0.3) is 16.7 Å². The fraction of sp³-hybridized carbons (Fsp3) is 0.207. The van der Waals surface area contributed by atoms with Crippen LogP contribution in [0.3, 0.4) is 0 Å². The van der Waals surface area contributed by atoms with Crippen molar-refractivity contribution in [2.75, 3.05) is 35.0 Å². The van der Waals surface area contributed by atoms with E-state index in [1.54, 1.807) is 54.8 Å². The second-order valence-electron chi connectivity index (χ2n) is 8.62. The molecule has 0 radical (unpaired) electrons. The first-order valence-corrected chi connectivity index (χ1v) is 12.3. The van der Waals surface area contributed by atoms with E-state index in [1.807, 2.05) is 6.92 Å². The topological polar surface area (TPSA) is 154 Å². The van der Waals surface area contributed by atoms with Gasteiger partial charge in [0.2, 0.25) is 0 Å². The molecule has 0 saturated carbocycles. The molecule has 0 amide bonds. The number of allylic oxidation sites excluding steroid dienone is 4. The van der Waals surface area contributed by atoms with E-state index in [1.165, 1.54) is 28.4 Å². The summed E-state index contributed by atoms with van der Waals surface area (Å²) in [6.45, 7) is 2.02. The van der Waals surface area contributed by atoms with Gasteiger partial charge in [-0.15, -0.1) is 0 Å². The van der Waals surface area contributed by atoms with Crippen molar-refractivity contribution >= 4 is 46.6 Å². The summed E-state index contributed by atoms with van der Waals surface area (Å²) < 4.78 is 15.0. The first-order chi connectivity index (χ1) is 19.8. The Morgan fingerprint density at radius 2 is 1.34 bits per heavy atom. The van der Waals surface area contributed by atoms with Gasteiger partial charge in [-0.2, -0.15) is 0 Å². The van der Waals surface area contributed by atoms with Crippen LogP contribution in [0.4, 0.5) is 0 Å². The molecule has 41 heavy (non-hydrogen) atoms. The predicted molar refractivity (Wildman–Crippen MR) is 150 cm³/mol. The minimum Gasteiger partial charge on any atom is -0.465 e. The molecule has 212 valence electrons. The van der Waals surface area contributed by atoms with Gasteiger partial charge < -0.3 is 24.2 Å². The molecule has 4 rings (SSSR count). The fourth-order valence-corrected chi connectivity index (χ4v) is 4.16. The SMILES string of the molecule is COOC/C(C)=C1\C=CC(C(/C(=O)OC)=c2/cc/c(=C(\C(=O)OC)c3ccc(/C(C(=O)OC)=C4/C=CC=N4)[nH]3)[nH]2)=N1. The molecule has 2 aromatic rings. The van der Waals surface area contributed by atoms with E-state index < -0.39 is 17.9 Å². The number of aromatic nitrogens is 2. The Morgan fingerprint density at radius 1 is 0.732 bits per heavy atom. The third kappa shape index (κ3) is 6.08. The second kappa shape index (κ2) is 12.9. The summed E-state index contributed by atoms with van der Waals surface area (Å²) in [4.78, 5) is 63.0. The first kappa shape index (κ1) is 28.9. The van der Waals surface area contributed by atoms with Gasteiger partial charge in [0.05, 0.1) is 67.6 Å². The normalized spacial score (nSPS) is 17.7. The Hall–Kier alpha value is -5.07. The summed E-state index contributed by atoms with van der Waals surface area (Å²) in [7, 11) is 5.20. The Bertz CT molecular complexity index is 1680. The van der Waals surface area contributed by atoms with Crippen LogP contribution in [-0.2, 0) is 38.4 Å². The van der Waals surface area contributed by atoms with Gasteiger partial charge in [0.15, 0.2) is 0 Å². The van der Waals surface area contributed by atoms with Crippen molar-refractivity contribution in [3.05, 3.63) is 87.6 Å². The van der Waals surface area contributed by atoms with Crippen LogP contribution >= 0.6 is 0 Å². The molecule has 0 aliphatic carbocycles. The number of H-pyrrole nitrogens is 2. The largest absolute Gasteiger partial charge is 0.465 e. The lowest BCUT2D eigenvalue weighted by atomic mass is 10.1. The average Bonchev–Trinajstić information content (AvgIpc) is 3.81. The predicted octanol–water partition coefficient (Wildman–Crippen LogP) is 1.43. The number of methoxy groups -OCH3 is 3. The highest BCUT2D eigenvalue weighted by Gasteiger charge is 2.24. The summed E-state index contributed by atoms with van der Waals surface area (Å²) in [5.41, 5.74) is 3.40. The standard InChI is InChI=1S/C29H28N4O8/c1-16(15-41-40-5)17-8-9-20(31-17)25(28(35)38-3)21-12-13-23(33-21)26(29(36)39-4)22-11-10-19(32-22)24(27(34)37-2)18-7-6-14-30-18/h6-14,32-33H,15H2,1-5H3/b17-16+,24-18+,25-21+,26-23+. The van der Waals surface area contributed by atoms with Crippen LogP contribution < -0.4 is 10.7 Å². The maximum absolute atomic E-state index is 13.0. The van der Waals surface area contributed by atoms with E-state index in [-0.39, 0.29) is 23.3 Å². The Kier molecular flexibility index (Phi) is 9.07. The van der Waals surface area contributed by atoms with E-state index in [9.17, 15) is 14.4 Å². The molecule has 4 heterocycles. The van der Waals surface area contributed by atoms with Crippen LogP contribution in [0.5, 0.6) is 0 Å². The molecule has 2 aliphatic rings. The van der Waals surface area contributed by atoms with Gasteiger partial charge >= 0.3 is 17.9 Å². The minimum absolute atomic E-state index is 0.131. The smallest absolute Gasteiger partial charge is 0.342 e. The van der Waals surface area contributed by atoms with Crippen molar-refractivity contribution in [2.45, 2.75) is 6.92 Å². The summed E-state index contributed by atoms with van der Waals surface area (Å²) in [5.74, 6) is -1.89. The zero-order chi connectivity index (χ0) is 29.5. The Balaban J connectivity index is 1.88. The van der Waals surface area contributed by atoms with Crippen molar-refractivity contribution in [2.24, 2.45) is 9.98 Å². The second-order valence-corrected chi connectivity index (χ2v) is 8.62. The van der Waals surface area contributed by atoms with Crippen LogP contribution in [0.1, 0.15) is 18.3 Å². The van der Waals surface area contributed by atoms with Gasteiger partial charge in [-0.25, -0.2) is 29.2 Å². The molecular weight excluding hydrogens is 532 g/mol. The van der Waals surface area contributed by atoms with Gasteiger partial charge in [-0.1, -0.05) is 0 Å². The van der Waals surface area contributed by atoms with Crippen molar-refractivity contribution in [3.63, 3.8) is 0 Å². The average molecular weight is 561 g/mol. The molecule has 2 N–H and O–H groups in total. The number of aromatic amines is 2. The summed E-state index contributed by atoms with van der Waals surface area (Å²) in [5, 5.41) is 0.703. The molecular formula is C29H28N4O8. The van der Waals surface area contributed by atoms with Crippen molar-refractivity contribution in [1.29, 1.82) is 0 Å². The van der Waals surface area contributed by atoms with Crippen LogP contribution in [0, 0.1) is 0 Å². The number of ether oxygens (including phenoxy) is 3. The number of rotatable bonds is 9. The number of esters is 3. The molecule has 12 nitrogen and oxygen atoms in total. The zero-order valence-electron chi connectivity index (χ0n) is 23.1. The third-order valence-electron chi connectivity index (χ3n) is 6.15. The molecule has 2 aromatic heterocycles. The lowest BCUT2D eigenvalue weighted by molar-refractivity contribution is -0.265. The molecule has 0 aromatic carbocycles. The van der Waals surface area contributed by atoms with Crippen molar-refractivity contribution in [1.82, 2.24) is 9.97 Å². The number of hydrogen-bond acceptors (Lipinski definition) is 10. The Labute approximate surface area is 234 Å². The molecule has 0 spiro atoms. The molecule has 0 bridgehead atoms. The summed E-state index contributed by atoms with van der Waals surface area (Å²) >= 11 is 0. The van der Waals surface area contributed by atoms with Gasteiger partial charge in [0.1, 0.15) is 23.3 Å². The number of aliphatic imine (C=N–C) groups is 2. The monoisotopic (exact) mass is 560 g/mol. The van der Waals surface area contributed by atoms with Gasteiger partial charge in [0.25, 0.3) is 0 Å². The molecule has 0 atom stereocenters. The fourth-order valence-electron chi connectivity index (χ4n) is 4.16. The molecule has 12 heteroatoms. The highest BCUT2D eigenvalue weighted by molar-refractivity contribution is 6.44. The van der Waals surface area contributed by atoms with E-state index in [0.717, 1.165) is 5.57 Å². The van der Waals surface area contributed by atoms with E-state index >= 15 is 0 Å². The number of nitrogens with one attached hydrogen (secondary N) is 2. The zero-order valence-corrected chi connectivity index (χ0v) is 23.1.